The van der Waals surface area contributed by atoms with E-state index in [9.17, 15) is 4.79 Å². The van der Waals surface area contributed by atoms with Crippen LogP contribution in [0.25, 0.3) is 0 Å². The van der Waals surface area contributed by atoms with Crippen LogP contribution in [0.1, 0.15) is 41.3 Å². The monoisotopic (exact) mass is 416 g/mol. The van der Waals surface area contributed by atoms with Crippen LogP contribution in [0.2, 0.25) is 0 Å². The highest BCUT2D eigenvalue weighted by Gasteiger charge is 2.18. The molecule has 5 heteroatoms. The van der Waals surface area contributed by atoms with Gasteiger partial charge in [-0.05, 0) is 42.7 Å². The second-order valence-electron chi connectivity index (χ2n) is 7.83. The van der Waals surface area contributed by atoms with Crippen molar-refractivity contribution in [3.8, 4) is 11.5 Å². The number of aryl methyl sites for hydroxylation is 1. The van der Waals surface area contributed by atoms with Crippen LogP contribution in [0.15, 0.2) is 72.8 Å². The smallest absolute Gasteiger partial charge is 0.234 e. The highest BCUT2D eigenvalue weighted by molar-refractivity contribution is 5.78. The van der Waals surface area contributed by atoms with Crippen molar-refractivity contribution < 1.29 is 14.3 Å². The maximum atomic E-state index is 12.7. The average molecular weight is 417 g/mol. The molecule has 1 heterocycles. The van der Waals surface area contributed by atoms with Gasteiger partial charge >= 0.3 is 0 Å². The predicted octanol–water partition coefficient (Wildman–Crippen LogP) is 4.32. The van der Waals surface area contributed by atoms with Gasteiger partial charge < -0.3 is 14.8 Å². The van der Waals surface area contributed by atoms with E-state index in [1.807, 2.05) is 43.3 Å². The summed E-state index contributed by atoms with van der Waals surface area (Å²) in [6.45, 7) is 5.36. The fourth-order valence-corrected chi connectivity index (χ4v) is 3.73. The Hall–Kier alpha value is -3.31. The molecule has 4 rings (SSSR count). The minimum Gasteiger partial charge on any atom is -0.486 e. The lowest BCUT2D eigenvalue weighted by Gasteiger charge is -2.22. The molecule has 3 aromatic rings. The Bertz CT molecular complexity index is 1020. The normalized spacial score (nSPS) is 14.5. The molecule has 5 nitrogen and oxygen atoms in total. The van der Waals surface area contributed by atoms with Crippen molar-refractivity contribution in [2.45, 2.75) is 25.9 Å². The largest absolute Gasteiger partial charge is 0.486 e. The van der Waals surface area contributed by atoms with E-state index < -0.39 is 0 Å². The first-order valence-corrected chi connectivity index (χ1v) is 10.6. The third-order valence-corrected chi connectivity index (χ3v) is 5.45. The molecular weight excluding hydrogens is 388 g/mol. The molecule has 0 saturated carbocycles. The van der Waals surface area contributed by atoms with Gasteiger partial charge in [0.25, 0.3) is 0 Å². The van der Waals surface area contributed by atoms with E-state index in [0.717, 1.165) is 28.2 Å². The molecule has 3 aromatic carbocycles. The average Bonchev–Trinajstić information content (AvgIpc) is 2.80. The van der Waals surface area contributed by atoms with Gasteiger partial charge in [-0.25, -0.2) is 0 Å². The number of fused-ring (bicyclic) bond motifs is 1. The van der Waals surface area contributed by atoms with Crippen LogP contribution in [-0.4, -0.2) is 25.7 Å². The van der Waals surface area contributed by atoms with Crippen molar-refractivity contribution in [2.75, 3.05) is 19.8 Å². The molecule has 160 valence electrons. The second-order valence-corrected chi connectivity index (χ2v) is 7.83. The lowest BCUT2D eigenvalue weighted by atomic mass is 9.98. The van der Waals surface area contributed by atoms with Crippen molar-refractivity contribution in [3.63, 3.8) is 0 Å². The fourth-order valence-electron chi connectivity index (χ4n) is 3.73. The molecule has 0 bridgehead atoms. The number of amides is 1. The fraction of sp³-hybridized carbons (Fsp3) is 0.269. The number of benzene rings is 3. The molecule has 2 atom stereocenters. The molecule has 0 radical (unpaired) electrons. The number of hydrogen-bond donors (Lipinski definition) is 2. The standard InChI is InChI=1S/C26H28N2O3/c1-18-8-10-21(11-9-18)26(20-6-4-3-5-7-20)27-17-25(29)28-19(2)22-12-13-23-24(16-22)31-15-14-30-23/h3-13,16,19,26-27H,14-15,17H2,1-2H3,(H,28,29)/t19-,26+/m0/s1. The van der Waals surface area contributed by atoms with Crippen molar-refractivity contribution in [1.29, 1.82) is 0 Å². The Morgan fingerprint density at radius 2 is 1.52 bits per heavy atom. The van der Waals surface area contributed by atoms with Crippen molar-refractivity contribution in [1.82, 2.24) is 10.6 Å². The van der Waals surface area contributed by atoms with E-state index in [1.54, 1.807) is 0 Å². The molecule has 0 aliphatic carbocycles. The summed E-state index contributed by atoms with van der Waals surface area (Å²) in [6.07, 6.45) is 0. The van der Waals surface area contributed by atoms with Gasteiger partial charge in [0.2, 0.25) is 5.91 Å². The Labute approximate surface area is 183 Å². The Balaban J connectivity index is 1.41. The molecule has 0 spiro atoms. The van der Waals surface area contributed by atoms with Gasteiger partial charge in [-0.3, -0.25) is 10.1 Å². The van der Waals surface area contributed by atoms with Crippen molar-refractivity contribution >= 4 is 5.91 Å². The summed E-state index contributed by atoms with van der Waals surface area (Å²) in [4.78, 5) is 12.7. The van der Waals surface area contributed by atoms with Gasteiger partial charge in [0.15, 0.2) is 11.5 Å². The zero-order valence-electron chi connectivity index (χ0n) is 17.9. The van der Waals surface area contributed by atoms with E-state index in [2.05, 4.69) is 54.0 Å². The first-order valence-electron chi connectivity index (χ1n) is 10.6. The van der Waals surface area contributed by atoms with Gasteiger partial charge in [-0.1, -0.05) is 66.2 Å². The molecule has 1 amide bonds. The highest BCUT2D eigenvalue weighted by atomic mass is 16.6. The molecule has 1 aliphatic heterocycles. The van der Waals surface area contributed by atoms with Gasteiger partial charge in [0, 0.05) is 0 Å². The number of hydrogen-bond acceptors (Lipinski definition) is 4. The molecule has 2 N–H and O–H groups in total. The topological polar surface area (TPSA) is 59.6 Å². The molecule has 1 aliphatic rings. The molecular formula is C26H28N2O3. The number of carbonyl (C=O) groups is 1. The zero-order valence-corrected chi connectivity index (χ0v) is 17.9. The lowest BCUT2D eigenvalue weighted by Crippen LogP contribution is -2.37. The van der Waals surface area contributed by atoms with Crippen LogP contribution in [0.3, 0.4) is 0 Å². The van der Waals surface area contributed by atoms with Crippen LogP contribution in [0.4, 0.5) is 0 Å². The quantitative estimate of drug-likeness (QED) is 0.602. The maximum Gasteiger partial charge on any atom is 0.234 e. The molecule has 0 fully saturated rings. The Kier molecular flexibility index (Phi) is 6.53. The van der Waals surface area contributed by atoms with Crippen LogP contribution in [0, 0.1) is 6.92 Å². The van der Waals surface area contributed by atoms with E-state index in [4.69, 9.17) is 9.47 Å². The first-order chi connectivity index (χ1) is 15.1. The van der Waals surface area contributed by atoms with Crippen LogP contribution in [0.5, 0.6) is 11.5 Å². The van der Waals surface area contributed by atoms with E-state index in [-0.39, 0.29) is 24.5 Å². The third-order valence-electron chi connectivity index (χ3n) is 5.45. The molecule has 0 aromatic heterocycles. The van der Waals surface area contributed by atoms with Crippen molar-refractivity contribution in [2.24, 2.45) is 0 Å². The van der Waals surface area contributed by atoms with Crippen molar-refractivity contribution in [3.05, 3.63) is 95.1 Å². The first kappa shape index (κ1) is 20.9. The summed E-state index contributed by atoms with van der Waals surface area (Å²) in [5, 5.41) is 6.49. The van der Waals surface area contributed by atoms with E-state index in [1.165, 1.54) is 5.56 Å². The Morgan fingerprint density at radius 1 is 0.871 bits per heavy atom. The van der Waals surface area contributed by atoms with Crippen LogP contribution >= 0.6 is 0 Å². The van der Waals surface area contributed by atoms with Gasteiger partial charge in [0.05, 0.1) is 18.6 Å². The van der Waals surface area contributed by atoms with Gasteiger partial charge in [-0.15, -0.1) is 0 Å². The van der Waals surface area contributed by atoms with Gasteiger partial charge in [0.1, 0.15) is 13.2 Å². The number of nitrogens with one attached hydrogen (secondary N) is 2. The SMILES string of the molecule is Cc1ccc([C@H](NCC(=O)N[C@@H](C)c2ccc3c(c2)OCCO3)c2ccccc2)cc1. The summed E-state index contributed by atoms with van der Waals surface area (Å²) in [6, 6.07) is 24.2. The number of rotatable bonds is 7. The molecule has 0 unspecified atom stereocenters. The minimum absolute atomic E-state index is 0.0582. The summed E-state index contributed by atoms with van der Waals surface area (Å²) in [7, 11) is 0. The highest BCUT2D eigenvalue weighted by Crippen LogP contribution is 2.32. The predicted molar refractivity (Wildman–Crippen MR) is 121 cm³/mol. The molecule has 31 heavy (non-hydrogen) atoms. The van der Waals surface area contributed by atoms with Crippen LogP contribution in [-0.2, 0) is 4.79 Å². The maximum absolute atomic E-state index is 12.7. The van der Waals surface area contributed by atoms with Crippen LogP contribution < -0.4 is 20.1 Å². The molecule has 0 saturated heterocycles. The summed E-state index contributed by atoms with van der Waals surface area (Å²) >= 11 is 0. The lowest BCUT2D eigenvalue weighted by molar-refractivity contribution is -0.121. The number of ether oxygens (including phenoxy) is 2. The third kappa shape index (κ3) is 5.25. The summed E-state index contributed by atoms with van der Waals surface area (Å²) in [5.74, 6) is 1.42. The Morgan fingerprint density at radius 3 is 2.26 bits per heavy atom. The van der Waals surface area contributed by atoms with Gasteiger partial charge in [-0.2, -0.15) is 0 Å². The minimum atomic E-state index is -0.139. The van der Waals surface area contributed by atoms with E-state index in [0.29, 0.717) is 13.2 Å². The zero-order chi connectivity index (χ0) is 21.6. The number of carbonyl (C=O) groups excluding carboxylic acids is 1. The second kappa shape index (κ2) is 9.67. The van der Waals surface area contributed by atoms with E-state index >= 15 is 0 Å². The summed E-state index contributed by atoms with van der Waals surface area (Å²) < 4.78 is 11.2. The summed E-state index contributed by atoms with van der Waals surface area (Å²) in [5.41, 5.74) is 4.45.